The second kappa shape index (κ2) is 13.8. The van der Waals surface area contributed by atoms with E-state index in [1.165, 1.54) is 17.2 Å². The molecule has 254 valence electrons. The molecule has 0 aromatic heterocycles. The number of aryl methyl sites for hydroxylation is 2. The summed E-state index contributed by atoms with van der Waals surface area (Å²) in [7, 11) is 3.34. The van der Waals surface area contributed by atoms with Crippen LogP contribution in [0.25, 0.3) is 33.7 Å². The maximum absolute atomic E-state index is 13.3. The van der Waals surface area contributed by atoms with Crippen LogP contribution in [0, 0.1) is 0 Å². The van der Waals surface area contributed by atoms with E-state index in [4.69, 9.17) is 24.0 Å². The molecule has 6 aromatic rings. The van der Waals surface area contributed by atoms with Crippen LogP contribution in [0.15, 0.2) is 121 Å². The van der Waals surface area contributed by atoms with Crippen molar-refractivity contribution in [3.8, 4) is 23.0 Å². The lowest BCUT2D eigenvalue weighted by atomic mass is 9.76. The molecular weight excluding hydrogens is 636 g/mol. The standard InChI is InChI=1S/C45H38O6/c1-47-38-18-16-34-26-30(11-14-36(34)28-38)6-5-25-49-51-41-10-4-8-33-22-24-45(44(33)41)23-21-32-7-3-9-40(43(32)45)50-42(46)20-13-31-12-15-37-29-39(48-2)19-17-35(37)27-31/h3-20,26-29H,21-25H2,1-2H3/b6-5+,20-13+. The number of hydrogen-bond donors (Lipinski definition) is 0. The predicted octanol–water partition coefficient (Wildman–Crippen LogP) is 9.83. The minimum absolute atomic E-state index is 0.286. The van der Waals surface area contributed by atoms with Gasteiger partial charge in [-0.1, -0.05) is 72.8 Å². The highest BCUT2D eigenvalue weighted by molar-refractivity contribution is 5.91. The quantitative estimate of drug-likeness (QED) is 0.0360. The van der Waals surface area contributed by atoms with Gasteiger partial charge in [0.15, 0.2) is 5.75 Å². The highest BCUT2D eigenvalue weighted by Crippen LogP contribution is 2.57. The van der Waals surface area contributed by atoms with Gasteiger partial charge in [-0.25, -0.2) is 4.79 Å². The molecular formula is C45H38O6. The molecule has 1 spiro atoms. The molecule has 0 heterocycles. The molecule has 0 saturated carbocycles. The summed E-state index contributed by atoms with van der Waals surface area (Å²) in [5, 5.41) is 4.41. The number of benzene rings is 6. The van der Waals surface area contributed by atoms with Crippen LogP contribution in [0.4, 0.5) is 0 Å². The number of ether oxygens (including phenoxy) is 3. The first-order chi connectivity index (χ1) is 25.0. The molecule has 2 aliphatic carbocycles. The molecule has 6 nitrogen and oxygen atoms in total. The third-order valence-corrected chi connectivity index (χ3v) is 10.2. The van der Waals surface area contributed by atoms with E-state index < -0.39 is 5.97 Å². The van der Waals surface area contributed by atoms with Crippen LogP contribution >= 0.6 is 0 Å². The second-order valence-electron chi connectivity index (χ2n) is 13.1. The number of esters is 1. The number of rotatable bonds is 10. The molecule has 0 amide bonds. The normalized spacial score (nSPS) is 16.3. The highest BCUT2D eigenvalue weighted by Gasteiger charge is 2.48. The average Bonchev–Trinajstić information content (AvgIpc) is 3.75. The van der Waals surface area contributed by atoms with Crippen molar-refractivity contribution in [3.05, 3.63) is 155 Å². The predicted molar refractivity (Wildman–Crippen MR) is 202 cm³/mol. The van der Waals surface area contributed by atoms with Crippen LogP contribution < -0.4 is 19.1 Å². The molecule has 0 aliphatic heterocycles. The van der Waals surface area contributed by atoms with E-state index in [0.717, 1.165) is 81.0 Å². The van der Waals surface area contributed by atoms with E-state index >= 15 is 0 Å². The van der Waals surface area contributed by atoms with Crippen molar-refractivity contribution >= 4 is 39.7 Å². The molecule has 0 radical (unpaired) electrons. The molecule has 1 unspecified atom stereocenters. The van der Waals surface area contributed by atoms with Crippen molar-refractivity contribution in [2.75, 3.05) is 20.8 Å². The van der Waals surface area contributed by atoms with Crippen molar-refractivity contribution in [1.29, 1.82) is 0 Å². The topological polar surface area (TPSA) is 63.2 Å². The molecule has 6 heteroatoms. The van der Waals surface area contributed by atoms with Crippen molar-refractivity contribution in [1.82, 2.24) is 0 Å². The number of carbonyl (C=O) groups excluding carboxylic acids is 1. The first-order valence-corrected chi connectivity index (χ1v) is 17.3. The number of fused-ring (bicyclic) bond motifs is 6. The van der Waals surface area contributed by atoms with Gasteiger partial charge >= 0.3 is 5.97 Å². The fraction of sp³-hybridized carbons (Fsp3) is 0.178. The lowest BCUT2D eigenvalue weighted by molar-refractivity contribution is -0.196. The summed E-state index contributed by atoms with van der Waals surface area (Å²) >= 11 is 0. The van der Waals surface area contributed by atoms with Crippen molar-refractivity contribution in [2.24, 2.45) is 0 Å². The SMILES string of the molecule is COc1ccc2cc(/C=C/COOc3cccc4c3C3(CC4)CCc4cccc(OC(=O)/C=C/c5ccc6cc(OC)ccc6c5)c43)ccc2c1. The van der Waals surface area contributed by atoms with Gasteiger partial charge in [0.25, 0.3) is 0 Å². The smallest absolute Gasteiger partial charge is 0.336 e. The van der Waals surface area contributed by atoms with Crippen LogP contribution in [-0.4, -0.2) is 26.8 Å². The van der Waals surface area contributed by atoms with Crippen LogP contribution in [0.3, 0.4) is 0 Å². The lowest BCUT2D eigenvalue weighted by Gasteiger charge is -2.29. The summed E-state index contributed by atoms with van der Waals surface area (Å²) in [5.74, 6) is 2.55. The highest BCUT2D eigenvalue weighted by atomic mass is 17.2. The molecule has 0 fully saturated rings. The molecule has 51 heavy (non-hydrogen) atoms. The Balaban J connectivity index is 0.980. The number of hydrogen-bond acceptors (Lipinski definition) is 6. The molecule has 8 rings (SSSR count). The van der Waals surface area contributed by atoms with Crippen molar-refractivity contribution in [2.45, 2.75) is 31.1 Å². The zero-order chi connectivity index (χ0) is 34.8. The van der Waals surface area contributed by atoms with Gasteiger partial charge in [-0.15, -0.1) is 0 Å². The Hall–Kier alpha value is -5.85. The van der Waals surface area contributed by atoms with E-state index in [1.807, 2.05) is 84.9 Å². The Bertz CT molecular complexity index is 2330. The Kier molecular flexibility index (Phi) is 8.76. The van der Waals surface area contributed by atoms with Crippen LogP contribution in [0.1, 0.15) is 46.2 Å². The summed E-state index contributed by atoms with van der Waals surface area (Å²) in [5.41, 5.74) is 6.32. The van der Waals surface area contributed by atoms with Crippen LogP contribution in [0.2, 0.25) is 0 Å². The molecule has 0 bridgehead atoms. The second-order valence-corrected chi connectivity index (χ2v) is 13.1. The van der Waals surface area contributed by atoms with E-state index in [0.29, 0.717) is 11.5 Å². The molecule has 0 N–H and O–H groups in total. The molecule has 2 aliphatic rings. The minimum atomic E-state index is -0.413. The Labute approximate surface area is 297 Å². The zero-order valence-electron chi connectivity index (χ0n) is 28.7. The zero-order valence-corrected chi connectivity index (χ0v) is 28.7. The first kappa shape index (κ1) is 32.4. The van der Waals surface area contributed by atoms with Crippen molar-refractivity contribution < 1.29 is 28.8 Å². The van der Waals surface area contributed by atoms with Gasteiger partial charge in [0.1, 0.15) is 23.9 Å². The fourth-order valence-electron chi connectivity index (χ4n) is 7.83. The summed E-state index contributed by atoms with van der Waals surface area (Å²) < 4.78 is 16.8. The first-order valence-electron chi connectivity index (χ1n) is 17.3. The largest absolute Gasteiger partial charge is 0.497 e. The summed E-state index contributed by atoms with van der Waals surface area (Å²) in [4.78, 5) is 25.1. The maximum atomic E-state index is 13.3. The summed E-state index contributed by atoms with van der Waals surface area (Å²) in [6.45, 7) is 0.286. The minimum Gasteiger partial charge on any atom is -0.497 e. The van der Waals surface area contributed by atoms with Crippen LogP contribution in [-0.2, 0) is 27.9 Å². The number of methoxy groups -OCH3 is 2. The van der Waals surface area contributed by atoms with E-state index in [2.05, 4.69) is 36.4 Å². The van der Waals surface area contributed by atoms with Gasteiger partial charge in [0.2, 0.25) is 0 Å². The van der Waals surface area contributed by atoms with E-state index in [9.17, 15) is 4.79 Å². The number of carbonyl (C=O) groups is 1. The Morgan fingerprint density at radius 2 is 1.20 bits per heavy atom. The fourth-order valence-corrected chi connectivity index (χ4v) is 7.83. The van der Waals surface area contributed by atoms with Gasteiger partial charge in [-0.2, -0.15) is 4.89 Å². The van der Waals surface area contributed by atoms with Gasteiger partial charge in [0, 0.05) is 22.6 Å². The van der Waals surface area contributed by atoms with Gasteiger partial charge in [-0.05, 0) is 124 Å². The Morgan fingerprint density at radius 1 is 0.647 bits per heavy atom. The average molecular weight is 675 g/mol. The molecule has 0 saturated heterocycles. The van der Waals surface area contributed by atoms with Crippen molar-refractivity contribution in [3.63, 3.8) is 0 Å². The maximum Gasteiger partial charge on any atom is 0.336 e. The monoisotopic (exact) mass is 674 g/mol. The molecule has 6 aromatic carbocycles. The summed E-state index contributed by atoms with van der Waals surface area (Å²) in [6, 6.07) is 36.6. The lowest BCUT2D eigenvalue weighted by Crippen LogP contribution is -2.24. The third-order valence-electron chi connectivity index (χ3n) is 10.2. The van der Waals surface area contributed by atoms with E-state index in [-0.39, 0.29) is 12.0 Å². The third kappa shape index (κ3) is 6.35. The van der Waals surface area contributed by atoms with Gasteiger partial charge in [0.05, 0.1) is 14.2 Å². The summed E-state index contributed by atoms with van der Waals surface area (Å²) in [6.07, 6.45) is 10.9. The van der Waals surface area contributed by atoms with E-state index in [1.54, 1.807) is 20.3 Å². The van der Waals surface area contributed by atoms with Crippen LogP contribution in [0.5, 0.6) is 23.0 Å². The molecule has 1 atom stereocenters. The Morgan fingerprint density at radius 3 is 1.82 bits per heavy atom. The van der Waals surface area contributed by atoms with Gasteiger partial charge in [-0.3, -0.25) is 0 Å². The van der Waals surface area contributed by atoms with Gasteiger partial charge < -0.3 is 19.1 Å².